The van der Waals surface area contributed by atoms with E-state index >= 15 is 0 Å². The van der Waals surface area contributed by atoms with Crippen molar-refractivity contribution in [2.24, 2.45) is 0 Å². The zero-order valence-corrected chi connectivity index (χ0v) is 18.2. The molecule has 11 heteroatoms. The molecular weight excluding hydrogens is 509 g/mol. The molecule has 3 aromatic carbocycles. The topological polar surface area (TPSA) is 43.4 Å². The summed E-state index contributed by atoms with van der Waals surface area (Å²) in [6.07, 6.45) is -11.6. The predicted octanol–water partition coefficient (Wildman–Crippen LogP) is 7.65. The predicted molar refractivity (Wildman–Crippen MR) is 113 cm³/mol. The van der Waals surface area contributed by atoms with E-state index in [1.54, 1.807) is 0 Å². The lowest BCUT2D eigenvalue weighted by Gasteiger charge is -2.38. The molecule has 0 fully saturated rings. The molecular formula is C23H12Cl2F6O3. The molecule has 0 aliphatic rings. The summed E-state index contributed by atoms with van der Waals surface area (Å²) in [5.74, 6) is 0.128. The van der Waals surface area contributed by atoms with Crippen LogP contribution in [-0.2, 0) is 5.41 Å². The van der Waals surface area contributed by atoms with Crippen LogP contribution in [0.1, 0.15) is 31.8 Å². The molecule has 0 aliphatic carbocycles. The molecule has 0 spiro atoms. The number of carbonyl (C=O) groups excluding carboxylic acids is 2. The minimum absolute atomic E-state index is 0.0463. The first kappa shape index (κ1) is 25.6. The van der Waals surface area contributed by atoms with E-state index in [1.165, 1.54) is 24.3 Å². The van der Waals surface area contributed by atoms with Crippen molar-refractivity contribution in [1.82, 2.24) is 0 Å². The summed E-state index contributed by atoms with van der Waals surface area (Å²) in [4.78, 5) is 22.3. The summed E-state index contributed by atoms with van der Waals surface area (Å²) in [5.41, 5.74) is -6.70. The summed E-state index contributed by atoms with van der Waals surface area (Å²) in [7, 11) is 0. The maximum Gasteiger partial charge on any atom is 0.411 e. The first-order chi connectivity index (χ1) is 15.8. The highest BCUT2D eigenvalue weighted by Crippen LogP contribution is 2.56. The molecule has 178 valence electrons. The zero-order valence-electron chi connectivity index (χ0n) is 16.7. The van der Waals surface area contributed by atoms with E-state index in [0.717, 1.165) is 24.3 Å². The van der Waals surface area contributed by atoms with Gasteiger partial charge in [0.2, 0.25) is 5.41 Å². The van der Waals surface area contributed by atoms with Crippen molar-refractivity contribution >= 4 is 33.7 Å². The number of rotatable bonds is 6. The molecule has 0 radical (unpaired) electrons. The quantitative estimate of drug-likeness (QED) is 0.247. The van der Waals surface area contributed by atoms with Crippen LogP contribution in [0.3, 0.4) is 0 Å². The number of ether oxygens (including phenoxy) is 1. The lowest BCUT2D eigenvalue weighted by Crippen LogP contribution is -2.54. The Hall–Kier alpha value is -3.04. The van der Waals surface area contributed by atoms with Crippen molar-refractivity contribution < 1.29 is 40.7 Å². The lowest BCUT2D eigenvalue weighted by atomic mass is 9.72. The smallest absolute Gasteiger partial charge is 0.411 e. The highest BCUT2D eigenvalue weighted by molar-refractivity contribution is 6.68. The van der Waals surface area contributed by atoms with Gasteiger partial charge in [0.05, 0.1) is 0 Å². The Kier molecular flexibility index (Phi) is 7.00. The Morgan fingerprint density at radius 2 is 0.853 bits per heavy atom. The van der Waals surface area contributed by atoms with Gasteiger partial charge in [-0.2, -0.15) is 26.3 Å². The maximum atomic E-state index is 14.2. The van der Waals surface area contributed by atoms with Crippen LogP contribution in [-0.4, -0.2) is 22.8 Å². The summed E-state index contributed by atoms with van der Waals surface area (Å²) >= 11 is 10.6. The van der Waals surface area contributed by atoms with Crippen molar-refractivity contribution in [3.05, 3.63) is 95.1 Å². The molecule has 0 heterocycles. The SMILES string of the molecule is O=C(Cl)c1ccc(Oc2ccc(C(c3ccc(C(=O)Cl)cc3)(C(F)(F)F)C(F)(F)F)cc2)cc1. The van der Waals surface area contributed by atoms with E-state index in [-0.39, 0.29) is 22.6 Å². The highest BCUT2D eigenvalue weighted by Gasteiger charge is 2.72. The number of halogens is 8. The van der Waals surface area contributed by atoms with Crippen LogP contribution in [0.2, 0.25) is 0 Å². The third kappa shape index (κ3) is 4.76. The van der Waals surface area contributed by atoms with Crippen LogP contribution >= 0.6 is 23.2 Å². The fraction of sp³-hybridized carbons (Fsp3) is 0.130. The Labute approximate surface area is 198 Å². The van der Waals surface area contributed by atoms with E-state index in [0.29, 0.717) is 24.3 Å². The van der Waals surface area contributed by atoms with Gasteiger partial charge >= 0.3 is 12.4 Å². The van der Waals surface area contributed by atoms with Crippen molar-refractivity contribution in [2.45, 2.75) is 17.8 Å². The molecule has 0 saturated heterocycles. The third-order valence-corrected chi connectivity index (χ3v) is 5.44. The average Bonchev–Trinajstić information content (AvgIpc) is 2.74. The van der Waals surface area contributed by atoms with Gasteiger partial charge in [-0.1, -0.05) is 24.3 Å². The van der Waals surface area contributed by atoms with Crippen molar-refractivity contribution in [3.63, 3.8) is 0 Å². The normalized spacial score (nSPS) is 12.4. The Morgan fingerprint density at radius 3 is 1.18 bits per heavy atom. The number of alkyl halides is 6. The van der Waals surface area contributed by atoms with Gasteiger partial charge in [-0.05, 0) is 82.9 Å². The number of hydrogen-bond acceptors (Lipinski definition) is 3. The van der Waals surface area contributed by atoms with Gasteiger partial charge < -0.3 is 4.74 Å². The average molecular weight is 521 g/mol. The molecule has 0 N–H and O–H groups in total. The number of benzene rings is 3. The van der Waals surface area contributed by atoms with Crippen molar-refractivity contribution in [2.75, 3.05) is 0 Å². The molecule has 0 saturated carbocycles. The van der Waals surface area contributed by atoms with Gasteiger partial charge in [-0.15, -0.1) is 0 Å². The largest absolute Gasteiger partial charge is 0.457 e. The second-order valence-electron chi connectivity index (χ2n) is 7.02. The third-order valence-electron chi connectivity index (χ3n) is 5.00. The molecule has 0 unspecified atom stereocenters. The van der Waals surface area contributed by atoms with Crippen LogP contribution in [0.5, 0.6) is 11.5 Å². The molecule has 0 aliphatic heterocycles. The summed E-state index contributed by atoms with van der Waals surface area (Å²) in [6.45, 7) is 0. The second-order valence-corrected chi connectivity index (χ2v) is 7.71. The first-order valence-electron chi connectivity index (χ1n) is 9.29. The van der Waals surface area contributed by atoms with Crippen LogP contribution in [0.4, 0.5) is 26.3 Å². The van der Waals surface area contributed by atoms with Crippen LogP contribution in [0.15, 0.2) is 72.8 Å². The van der Waals surface area contributed by atoms with Gasteiger partial charge in [0.15, 0.2) is 0 Å². The molecule has 0 aromatic heterocycles. The zero-order chi connectivity index (χ0) is 25.3. The van der Waals surface area contributed by atoms with Crippen molar-refractivity contribution in [1.29, 1.82) is 0 Å². The lowest BCUT2D eigenvalue weighted by molar-refractivity contribution is -0.288. The molecule has 0 bridgehead atoms. The Balaban J connectivity index is 2.06. The molecule has 0 atom stereocenters. The summed E-state index contributed by atoms with van der Waals surface area (Å²) in [5, 5.41) is -1.74. The highest BCUT2D eigenvalue weighted by atomic mass is 35.5. The van der Waals surface area contributed by atoms with Gasteiger partial charge in [0.25, 0.3) is 10.5 Å². The maximum absolute atomic E-state index is 14.2. The Morgan fingerprint density at radius 1 is 0.559 bits per heavy atom. The van der Waals surface area contributed by atoms with Crippen molar-refractivity contribution in [3.8, 4) is 11.5 Å². The molecule has 0 amide bonds. The summed E-state index contributed by atoms with van der Waals surface area (Å²) in [6, 6.07) is 11.4. The minimum Gasteiger partial charge on any atom is -0.457 e. The van der Waals surface area contributed by atoms with Gasteiger partial charge in [0.1, 0.15) is 11.5 Å². The van der Waals surface area contributed by atoms with E-state index in [2.05, 4.69) is 0 Å². The number of carbonyl (C=O) groups is 2. The van der Waals surface area contributed by atoms with E-state index in [9.17, 15) is 35.9 Å². The van der Waals surface area contributed by atoms with Gasteiger partial charge in [-0.25, -0.2) is 0 Å². The molecule has 3 aromatic rings. The van der Waals surface area contributed by atoms with Crippen LogP contribution < -0.4 is 4.74 Å². The minimum atomic E-state index is -5.79. The fourth-order valence-electron chi connectivity index (χ4n) is 3.40. The second kappa shape index (κ2) is 9.31. The standard InChI is InChI=1S/C23H12Cl2F6O3/c24-19(32)13-1-5-15(6-2-13)21(22(26,27)28,23(29,30)31)16-7-11-18(12-8-16)34-17-9-3-14(4-10-17)20(25)33/h1-12H. The summed E-state index contributed by atoms with van der Waals surface area (Å²) < 4.78 is 90.4. The Bertz CT molecular complexity index is 1170. The van der Waals surface area contributed by atoms with E-state index in [1.807, 2.05) is 0 Å². The van der Waals surface area contributed by atoms with Gasteiger partial charge in [0, 0.05) is 11.1 Å². The monoisotopic (exact) mass is 520 g/mol. The van der Waals surface area contributed by atoms with E-state index < -0.39 is 39.4 Å². The fourth-order valence-corrected chi connectivity index (χ4v) is 3.65. The molecule has 3 nitrogen and oxygen atoms in total. The molecule has 3 rings (SSSR count). The first-order valence-corrected chi connectivity index (χ1v) is 10.0. The van der Waals surface area contributed by atoms with Gasteiger partial charge in [-0.3, -0.25) is 9.59 Å². The number of hydrogen-bond donors (Lipinski definition) is 0. The van der Waals surface area contributed by atoms with Crippen LogP contribution in [0, 0.1) is 0 Å². The van der Waals surface area contributed by atoms with Crippen LogP contribution in [0.25, 0.3) is 0 Å². The van der Waals surface area contributed by atoms with E-state index in [4.69, 9.17) is 27.9 Å². The molecule has 34 heavy (non-hydrogen) atoms.